The second kappa shape index (κ2) is 5.73. The summed E-state index contributed by atoms with van der Waals surface area (Å²) < 4.78 is 0. The number of piperidine rings is 1. The van der Waals surface area contributed by atoms with Crippen molar-refractivity contribution in [2.45, 2.75) is 62.8 Å². The minimum atomic E-state index is -0.467. The predicted octanol–water partition coefficient (Wildman–Crippen LogP) is 3.65. The summed E-state index contributed by atoms with van der Waals surface area (Å²) >= 11 is 0. The fourth-order valence-corrected chi connectivity index (χ4v) is 6.16. The monoisotopic (exact) mass is 339 g/mol. The van der Waals surface area contributed by atoms with Crippen LogP contribution in [0.15, 0.2) is 18.2 Å². The number of nitrogens with zero attached hydrogens (tertiary/aromatic N) is 1. The molecule has 1 aliphatic heterocycles. The van der Waals surface area contributed by atoms with Gasteiger partial charge in [-0.15, -0.1) is 0 Å². The summed E-state index contributed by atoms with van der Waals surface area (Å²) in [5, 5.41) is 2.79. The highest BCUT2D eigenvalue weighted by Gasteiger charge is 2.54. The van der Waals surface area contributed by atoms with Gasteiger partial charge in [0.15, 0.2) is 0 Å². The molecule has 1 aromatic carbocycles. The first-order valence-corrected chi connectivity index (χ1v) is 10.1. The molecule has 5 rings (SSSR count). The Kier molecular flexibility index (Phi) is 3.60. The molecule has 3 N–H and O–H groups in total. The second-order valence-electron chi connectivity index (χ2n) is 8.83. The normalized spacial score (nSPS) is 34.1. The maximum atomic E-state index is 11.3. The molecular formula is C21H29N3O. The van der Waals surface area contributed by atoms with E-state index in [1.54, 1.807) is 0 Å². The highest BCUT2D eigenvalue weighted by Crippen LogP contribution is 2.56. The Morgan fingerprint density at radius 2 is 2.12 bits per heavy atom. The number of amides is 2. The lowest BCUT2D eigenvalue weighted by Gasteiger charge is -2.59. The Morgan fingerprint density at radius 3 is 2.92 bits per heavy atom. The maximum absolute atomic E-state index is 11.3. The molecule has 2 bridgehead atoms. The van der Waals surface area contributed by atoms with Gasteiger partial charge in [-0.05, 0) is 80.2 Å². The molecule has 3 atom stereocenters. The minimum Gasteiger partial charge on any atom is -0.351 e. The van der Waals surface area contributed by atoms with E-state index < -0.39 is 6.03 Å². The molecule has 0 radical (unpaired) electrons. The Balaban J connectivity index is 1.54. The number of carbonyl (C=O) groups excluding carboxylic acids is 1. The summed E-state index contributed by atoms with van der Waals surface area (Å²) in [6.07, 6.45) is 10.8. The van der Waals surface area contributed by atoms with E-state index in [4.69, 9.17) is 5.73 Å². The first-order valence-electron chi connectivity index (χ1n) is 10.1. The van der Waals surface area contributed by atoms with Crippen molar-refractivity contribution in [3.8, 4) is 0 Å². The number of carbonyl (C=O) groups is 1. The van der Waals surface area contributed by atoms with Crippen molar-refractivity contribution in [2.24, 2.45) is 17.6 Å². The first-order chi connectivity index (χ1) is 12.2. The molecule has 4 nitrogen and oxygen atoms in total. The zero-order valence-electron chi connectivity index (χ0n) is 15.0. The van der Waals surface area contributed by atoms with Gasteiger partial charge in [-0.2, -0.15) is 0 Å². The van der Waals surface area contributed by atoms with Crippen LogP contribution in [-0.2, 0) is 11.8 Å². The van der Waals surface area contributed by atoms with Gasteiger partial charge in [-0.1, -0.05) is 18.9 Å². The third-order valence-corrected chi connectivity index (χ3v) is 7.41. The Hall–Kier alpha value is -1.55. The Morgan fingerprint density at radius 1 is 1.24 bits per heavy atom. The highest BCUT2D eigenvalue weighted by atomic mass is 16.2. The number of hydrogen-bond donors (Lipinski definition) is 2. The minimum absolute atomic E-state index is 0.339. The topological polar surface area (TPSA) is 58.4 Å². The molecule has 2 amide bonds. The number of likely N-dealkylation sites (tertiary alicyclic amines) is 1. The van der Waals surface area contributed by atoms with E-state index in [-0.39, 0.29) is 0 Å². The molecular weight excluding hydrogens is 310 g/mol. The van der Waals surface area contributed by atoms with Gasteiger partial charge >= 0.3 is 6.03 Å². The number of urea groups is 1. The molecule has 4 aliphatic rings. The molecule has 0 spiro atoms. The van der Waals surface area contributed by atoms with Gasteiger partial charge in [0.05, 0.1) is 0 Å². The van der Waals surface area contributed by atoms with Crippen LogP contribution < -0.4 is 11.1 Å². The summed E-state index contributed by atoms with van der Waals surface area (Å²) in [7, 11) is 0. The van der Waals surface area contributed by atoms with Gasteiger partial charge in [-0.25, -0.2) is 4.79 Å². The number of benzene rings is 1. The second-order valence-corrected chi connectivity index (χ2v) is 8.83. The van der Waals surface area contributed by atoms with Crippen LogP contribution in [-0.4, -0.2) is 30.1 Å². The molecule has 3 aliphatic carbocycles. The van der Waals surface area contributed by atoms with Crippen LogP contribution in [0.25, 0.3) is 0 Å². The van der Waals surface area contributed by atoms with Crippen molar-refractivity contribution < 1.29 is 4.79 Å². The number of rotatable bonds is 3. The smallest absolute Gasteiger partial charge is 0.316 e. The summed E-state index contributed by atoms with van der Waals surface area (Å²) in [6.45, 7) is 2.58. The van der Waals surface area contributed by atoms with Crippen molar-refractivity contribution in [3.05, 3.63) is 29.3 Å². The van der Waals surface area contributed by atoms with E-state index in [0.29, 0.717) is 5.41 Å². The zero-order valence-corrected chi connectivity index (χ0v) is 15.0. The Bertz CT molecular complexity index is 698. The van der Waals surface area contributed by atoms with Crippen LogP contribution in [0.2, 0.25) is 0 Å². The van der Waals surface area contributed by atoms with E-state index in [1.165, 1.54) is 75.6 Å². The number of nitrogens with one attached hydrogen (secondary N) is 1. The molecule has 1 unspecified atom stereocenters. The lowest BCUT2D eigenvalue weighted by Crippen LogP contribution is -2.61. The Labute approximate surface area is 150 Å². The average Bonchev–Trinajstić information content (AvgIpc) is 3.41. The quantitative estimate of drug-likeness (QED) is 0.883. The fraction of sp³-hybridized carbons (Fsp3) is 0.667. The number of anilines is 1. The van der Waals surface area contributed by atoms with Gasteiger partial charge in [0.1, 0.15) is 0 Å². The SMILES string of the molecule is NC(=O)Nc1ccc2c(c1)[C@]13CCCCC1[C@H](C2)N(CC1CC1)CC3. The van der Waals surface area contributed by atoms with Crippen molar-refractivity contribution in [1.82, 2.24) is 4.90 Å². The summed E-state index contributed by atoms with van der Waals surface area (Å²) in [4.78, 5) is 14.1. The highest BCUT2D eigenvalue weighted by molar-refractivity contribution is 5.88. The van der Waals surface area contributed by atoms with Crippen molar-refractivity contribution in [1.29, 1.82) is 0 Å². The molecule has 1 heterocycles. The maximum Gasteiger partial charge on any atom is 0.316 e. The number of primary amides is 1. The molecule has 134 valence electrons. The third-order valence-electron chi connectivity index (χ3n) is 7.41. The first kappa shape index (κ1) is 15.7. The van der Waals surface area contributed by atoms with E-state index in [9.17, 15) is 4.79 Å². The van der Waals surface area contributed by atoms with Crippen LogP contribution in [0.3, 0.4) is 0 Å². The lowest BCUT2D eigenvalue weighted by atomic mass is 9.52. The standard InChI is InChI=1S/C21H29N3O/c22-20(25)23-16-7-6-15-11-19-17-3-1-2-8-21(17,18(15)12-16)9-10-24(19)13-14-4-5-14/h6-7,12,14,17,19H,1-5,8-11,13H2,(H3,22,23,25)/t17?,19-,21-/m0/s1. The van der Waals surface area contributed by atoms with Crippen molar-refractivity contribution >= 4 is 11.7 Å². The van der Waals surface area contributed by atoms with Crippen LogP contribution in [0.4, 0.5) is 10.5 Å². The number of nitrogens with two attached hydrogens (primary N) is 1. The van der Waals surface area contributed by atoms with Gasteiger partial charge in [0.2, 0.25) is 0 Å². The molecule has 3 fully saturated rings. The third kappa shape index (κ3) is 2.57. The molecule has 1 aromatic rings. The molecule has 0 aromatic heterocycles. The van der Waals surface area contributed by atoms with Gasteiger partial charge < -0.3 is 11.1 Å². The number of fused-ring (bicyclic) bond motifs is 1. The van der Waals surface area contributed by atoms with Gasteiger partial charge in [0, 0.05) is 23.7 Å². The average molecular weight is 339 g/mol. The fourth-order valence-electron chi connectivity index (χ4n) is 6.16. The van der Waals surface area contributed by atoms with Gasteiger partial charge in [-0.3, -0.25) is 4.90 Å². The molecule has 4 heteroatoms. The number of hydrogen-bond acceptors (Lipinski definition) is 2. The predicted molar refractivity (Wildman–Crippen MR) is 99.7 cm³/mol. The van der Waals surface area contributed by atoms with Crippen molar-refractivity contribution in [2.75, 3.05) is 18.4 Å². The van der Waals surface area contributed by atoms with E-state index in [0.717, 1.165) is 23.6 Å². The van der Waals surface area contributed by atoms with Crippen molar-refractivity contribution in [3.63, 3.8) is 0 Å². The van der Waals surface area contributed by atoms with E-state index >= 15 is 0 Å². The van der Waals surface area contributed by atoms with Crippen LogP contribution in [0, 0.1) is 11.8 Å². The lowest BCUT2D eigenvalue weighted by molar-refractivity contribution is -0.0133. The molecule has 1 saturated heterocycles. The molecule has 2 saturated carbocycles. The summed E-state index contributed by atoms with van der Waals surface area (Å²) in [5.74, 6) is 1.77. The zero-order chi connectivity index (χ0) is 17.0. The van der Waals surface area contributed by atoms with Gasteiger partial charge in [0.25, 0.3) is 0 Å². The summed E-state index contributed by atoms with van der Waals surface area (Å²) in [5.41, 5.74) is 9.58. The van der Waals surface area contributed by atoms with E-state index in [2.05, 4.69) is 22.3 Å². The largest absolute Gasteiger partial charge is 0.351 e. The van der Waals surface area contributed by atoms with Crippen LogP contribution in [0.1, 0.15) is 56.1 Å². The van der Waals surface area contributed by atoms with Crippen LogP contribution >= 0.6 is 0 Å². The molecule has 25 heavy (non-hydrogen) atoms. The van der Waals surface area contributed by atoms with E-state index in [1.807, 2.05) is 6.07 Å². The summed E-state index contributed by atoms with van der Waals surface area (Å²) in [6, 6.07) is 6.79. The van der Waals surface area contributed by atoms with Crippen LogP contribution in [0.5, 0.6) is 0 Å².